The quantitative estimate of drug-likeness (QED) is 0.166. The third-order valence-electron chi connectivity index (χ3n) is 10.3. The average molecular weight is 647 g/mol. The highest BCUT2D eigenvalue weighted by atomic mass is 32.1. The molecule has 6 aromatic carbocycles. The molecule has 1 aliphatic carbocycles. The van der Waals surface area contributed by atoms with E-state index in [1.165, 1.54) is 53.6 Å². The Bertz CT molecular complexity index is 2660. The molecule has 4 heteroatoms. The number of benzene rings is 6. The Hall–Kier alpha value is -5.84. The summed E-state index contributed by atoms with van der Waals surface area (Å²) in [6, 6.07) is 54.5. The van der Waals surface area contributed by atoms with Crippen LogP contribution in [0.1, 0.15) is 46.7 Å². The molecule has 0 saturated carbocycles. The van der Waals surface area contributed by atoms with Crippen molar-refractivity contribution in [3.8, 4) is 5.69 Å². The molecule has 0 saturated heterocycles. The van der Waals surface area contributed by atoms with Gasteiger partial charge in [0, 0.05) is 54.3 Å². The molecule has 2 aliphatic rings. The Morgan fingerprint density at radius 1 is 0.633 bits per heavy atom. The zero-order valence-corrected chi connectivity index (χ0v) is 27.8. The highest BCUT2D eigenvalue weighted by molar-refractivity contribution is 7.26. The van der Waals surface area contributed by atoms with Gasteiger partial charge in [0.25, 0.3) is 11.7 Å². The van der Waals surface area contributed by atoms with Crippen LogP contribution in [0.2, 0.25) is 0 Å². The van der Waals surface area contributed by atoms with Crippen LogP contribution in [-0.2, 0) is 0 Å². The fraction of sp³-hybridized carbons (Fsp3) is 0.0667. The summed E-state index contributed by atoms with van der Waals surface area (Å²) < 4.78 is 7.54. The molecule has 1 aliphatic heterocycles. The Labute approximate surface area is 289 Å². The number of aromatic nitrogens is 1. The predicted molar refractivity (Wildman–Crippen MR) is 206 cm³/mol. The summed E-state index contributed by atoms with van der Waals surface area (Å²) in [6.07, 6.45) is 4.82. The maximum absolute atomic E-state index is 5.02. The number of fused-ring (bicyclic) bond motifs is 6. The van der Waals surface area contributed by atoms with Crippen LogP contribution in [-0.4, -0.2) is 20.8 Å². The van der Waals surface area contributed by atoms with Crippen LogP contribution in [0.5, 0.6) is 0 Å². The lowest BCUT2D eigenvalue weighted by molar-refractivity contribution is -0.319. The Morgan fingerprint density at radius 2 is 1.31 bits per heavy atom. The minimum Gasteiger partial charge on any atom is -0.313 e. The van der Waals surface area contributed by atoms with Gasteiger partial charge in [-0.1, -0.05) is 115 Å². The lowest BCUT2D eigenvalue weighted by Gasteiger charge is -2.28. The normalized spacial score (nSPS) is 17.0. The largest absolute Gasteiger partial charge is 0.313 e. The second-order valence-electron chi connectivity index (χ2n) is 13.0. The number of nitrogens with zero attached hydrogens (tertiary/aromatic N) is 3. The van der Waals surface area contributed by atoms with Gasteiger partial charge in [0.05, 0.1) is 16.6 Å². The molecule has 0 fully saturated rings. The number of hydrogen-bond donors (Lipinski definition) is 0. The third kappa shape index (κ3) is 4.34. The van der Waals surface area contributed by atoms with E-state index < -0.39 is 0 Å². The summed E-state index contributed by atoms with van der Waals surface area (Å²) in [5, 5.41) is 4.00. The van der Waals surface area contributed by atoms with Crippen LogP contribution in [0, 0.1) is 0 Å². The molecular weight excluding hydrogens is 615 g/mol. The van der Waals surface area contributed by atoms with Crippen LogP contribution >= 0.6 is 11.3 Å². The fourth-order valence-corrected chi connectivity index (χ4v) is 9.21. The van der Waals surface area contributed by atoms with Crippen molar-refractivity contribution < 1.29 is 4.58 Å². The van der Waals surface area contributed by atoms with Gasteiger partial charge in [0.2, 0.25) is 0 Å². The number of para-hydroxylation sites is 1. The van der Waals surface area contributed by atoms with Crippen LogP contribution in [0.25, 0.3) is 42.8 Å². The van der Waals surface area contributed by atoms with E-state index in [1.807, 2.05) is 11.3 Å². The van der Waals surface area contributed by atoms with Gasteiger partial charge in [-0.2, -0.15) is 4.58 Å². The second-order valence-corrected chi connectivity index (χ2v) is 14.0. The van der Waals surface area contributed by atoms with Crippen LogP contribution in [0.15, 0.2) is 163 Å². The van der Waals surface area contributed by atoms with Crippen molar-refractivity contribution in [2.75, 3.05) is 0 Å². The summed E-state index contributed by atoms with van der Waals surface area (Å²) >= 11 is 1.92. The van der Waals surface area contributed by atoms with Crippen molar-refractivity contribution in [1.29, 1.82) is 0 Å². The Balaban J connectivity index is 1.09. The Kier molecular flexibility index (Phi) is 6.40. The Morgan fingerprint density at radius 3 is 2.10 bits per heavy atom. The number of rotatable bonds is 5. The summed E-state index contributed by atoms with van der Waals surface area (Å²) in [4.78, 5) is 5.02. The van der Waals surface area contributed by atoms with E-state index in [0.29, 0.717) is 0 Å². The lowest BCUT2D eigenvalue weighted by atomic mass is 9.79. The zero-order chi connectivity index (χ0) is 32.5. The molecule has 3 heterocycles. The number of thiophene rings is 1. The van der Waals surface area contributed by atoms with E-state index in [1.54, 1.807) is 0 Å². The molecule has 0 amide bonds. The molecule has 2 aromatic heterocycles. The third-order valence-corrected chi connectivity index (χ3v) is 11.5. The van der Waals surface area contributed by atoms with E-state index in [2.05, 4.69) is 180 Å². The molecule has 0 spiro atoms. The van der Waals surface area contributed by atoms with Crippen molar-refractivity contribution in [1.82, 2.24) is 4.57 Å². The van der Waals surface area contributed by atoms with Gasteiger partial charge < -0.3 is 4.57 Å². The van der Waals surface area contributed by atoms with Crippen molar-refractivity contribution in [2.24, 2.45) is 4.99 Å². The van der Waals surface area contributed by atoms with Crippen molar-refractivity contribution in [3.63, 3.8) is 0 Å². The first kappa shape index (κ1) is 28.2. The van der Waals surface area contributed by atoms with Crippen LogP contribution in [0.4, 0.5) is 5.69 Å². The molecule has 0 N–H and O–H groups in total. The van der Waals surface area contributed by atoms with Crippen LogP contribution in [0.3, 0.4) is 0 Å². The summed E-state index contributed by atoms with van der Waals surface area (Å²) in [6.45, 7) is 2.41. The van der Waals surface area contributed by atoms with Crippen molar-refractivity contribution >= 4 is 65.8 Å². The molecule has 3 nitrogen and oxygen atoms in total. The topological polar surface area (TPSA) is 20.3 Å². The minimum atomic E-state index is 0.264. The number of aliphatic imine (C=N–C) groups is 1. The molecule has 0 radical (unpaired) electrons. The number of hydrogen-bond acceptors (Lipinski definition) is 2. The second kappa shape index (κ2) is 11.1. The van der Waals surface area contributed by atoms with Gasteiger partial charge in [0.15, 0.2) is 0 Å². The van der Waals surface area contributed by atoms with Gasteiger partial charge in [-0.3, -0.25) is 0 Å². The highest BCUT2D eigenvalue weighted by Gasteiger charge is 2.34. The van der Waals surface area contributed by atoms with E-state index in [-0.39, 0.29) is 11.8 Å². The van der Waals surface area contributed by atoms with Gasteiger partial charge in [-0.15, -0.1) is 11.3 Å². The van der Waals surface area contributed by atoms with Gasteiger partial charge >= 0.3 is 0 Å². The molecule has 10 rings (SSSR count). The highest BCUT2D eigenvalue weighted by Crippen LogP contribution is 2.48. The summed E-state index contributed by atoms with van der Waals surface area (Å²) in [7, 11) is 0. The first-order valence-corrected chi connectivity index (χ1v) is 17.7. The lowest BCUT2D eigenvalue weighted by Crippen LogP contribution is -2.34. The maximum atomic E-state index is 5.02. The molecule has 2 unspecified atom stereocenters. The summed E-state index contributed by atoms with van der Waals surface area (Å²) in [5.74, 6) is 2.47. The standard InChI is InChI=1S/C45H32N3S/c1-29-34(38-19-12-20-39-36-18-9-11-22-41(36)49-43(38)39)27-28-37-35-17-8-10-21-40(35)47(42(29)37)32-23-25-33(26-24-32)48-44(30-13-4-2-5-14-30)46-45(48)31-15-6-3-7-16-31/h2-29,34H,1H3/q+1. The molecule has 0 bridgehead atoms. The molecule has 232 valence electrons. The van der Waals surface area contributed by atoms with Crippen molar-refractivity contribution in [3.05, 3.63) is 186 Å². The fourth-order valence-electron chi connectivity index (χ4n) is 7.94. The monoisotopic (exact) mass is 646 g/mol. The van der Waals surface area contributed by atoms with E-state index in [0.717, 1.165) is 28.5 Å². The zero-order valence-electron chi connectivity index (χ0n) is 27.0. The average Bonchev–Trinajstić information content (AvgIpc) is 3.70. The molecule has 49 heavy (non-hydrogen) atoms. The molecular formula is C45H32N3S+. The van der Waals surface area contributed by atoms with E-state index in [9.17, 15) is 0 Å². The maximum Gasteiger partial charge on any atom is 0.279 e. The predicted octanol–water partition coefficient (Wildman–Crippen LogP) is 11.5. The van der Waals surface area contributed by atoms with Gasteiger partial charge in [-0.05, 0) is 66.2 Å². The number of allylic oxidation sites excluding steroid dienone is 1. The minimum absolute atomic E-state index is 0.264. The first-order chi connectivity index (χ1) is 24.2. The van der Waals surface area contributed by atoms with E-state index in [4.69, 9.17) is 4.99 Å². The molecule has 2 atom stereocenters. The van der Waals surface area contributed by atoms with Crippen molar-refractivity contribution in [2.45, 2.75) is 18.8 Å². The van der Waals surface area contributed by atoms with E-state index >= 15 is 0 Å². The smallest absolute Gasteiger partial charge is 0.279 e. The van der Waals surface area contributed by atoms with Gasteiger partial charge in [-0.25, -0.2) is 0 Å². The first-order valence-electron chi connectivity index (χ1n) is 16.9. The molecule has 8 aromatic rings. The summed E-state index contributed by atoms with van der Waals surface area (Å²) in [5.41, 5.74) is 9.83. The van der Waals surface area contributed by atoms with Gasteiger partial charge in [0.1, 0.15) is 5.69 Å². The van der Waals surface area contributed by atoms with Crippen LogP contribution < -0.4 is 0 Å². The number of amidine groups is 2. The SMILES string of the molecule is CC1c2c(c3ccccc3n2-c2ccc([N+]3=C(c4ccccc4)N=C3c3ccccc3)cc2)C=CC1c1cccc2c1sc1ccccc12.